The Morgan fingerprint density at radius 3 is 2.33 bits per heavy atom. The predicted octanol–water partition coefficient (Wildman–Crippen LogP) is 6.46. The molecule has 0 radical (unpaired) electrons. The van der Waals surface area contributed by atoms with Crippen molar-refractivity contribution < 1.29 is 0 Å². The van der Waals surface area contributed by atoms with Crippen molar-refractivity contribution in [2.45, 2.75) is 86.2 Å². The van der Waals surface area contributed by atoms with E-state index in [4.69, 9.17) is 0 Å². The molecule has 2 heterocycles. The average molecular weight is 475 g/mol. The van der Waals surface area contributed by atoms with E-state index >= 15 is 0 Å². The molecular formula is C27H46N4OS. The summed E-state index contributed by atoms with van der Waals surface area (Å²) in [5, 5.41) is 9.88. The van der Waals surface area contributed by atoms with Crippen LogP contribution in [0.25, 0.3) is 5.70 Å². The van der Waals surface area contributed by atoms with Gasteiger partial charge in [-0.1, -0.05) is 39.7 Å². The fraction of sp³-hybridized carbons (Fsp3) is 0.593. The van der Waals surface area contributed by atoms with Crippen molar-refractivity contribution in [2.75, 3.05) is 26.0 Å². The number of thiophene rings is 1. The summed E-state index contributed by atoms with van der Waals surface area (Å²) in [4.78, 5) is 17.6. The van der Waals surface area contributed by atoms with Crippen molar-refractivity contribution in [3.8, 4) is 0 Å². The highest BCUT2D eigenvalue weighted by molar-refractivity contribution is 7.14. The quantitative estimate of drug-likeness (QED) is 0.431. The van der Waals surface area contributed by atoms with Crippen LogP contribution in [0.3, 0.4) is 0 Å². The Balaban J connectivity index is 0.000000412. The van der Waals surface area contributed by atoms with Crippen LogP contribution >= 0.6 is 11.3 Å². The smallest absolute Gasteiger partial charge is 0.187 e. The molecule has 1 saturated carbocycles. The number of aromatic nitrogens is 1. The number of nitrogens with one attached hydrogen (secondary N) is 3. The lowest BCUT2D eigenvalue weighted by molar-refractivity contribution is 0.229. The van der Waals surface area contributed by atoms with Gasteiger partial charge in [-0.25, -0.2) is 0 Å². The van der Waals surface area contributed by atoms with Gasteiger partial charge in [-0.2, -0.15) is 0 Å². The van der Waals surface area contributed by atoms with E-state index in [9.17, 15) is 4.79 Å². The van der Waals surface area contributed by atoms with Gasteiger partial charge >= 0.3 is 0 Å². The number of hydrogen-bond donors (Lipinski definition) is 3. The molecule has 1 fully saturated rings. The lowest BCUT2D eigenvalue weighted by atomic mass is 9.95. The molecule has 0 aliphatic heterocycles. The van der Waals surface area contributed by atoms with E-state index in [1.54, 1.807) is 17.4 Å². The maximum Gasteiger partial charge on any atom is 0.187 e. The Labute approximate surface area is 205 Å². The zero-order valence-electron chi connectivity index (χ0n) is 22.2. The van der Waals surface area contributed by atoms with Crippen LogP contribution in [-0.2, 0) is 6.54 Å². The molecule has 2 aromatic rings. The Hall–Kier alpha value is -2.05. The lowest BCUT2D eigenvalue weighted by Crippen LogP contribution is -2.29. The normalized spacial score (nSPS) is 13.5. The van der Waals surface area contributed by atoms with Crippen molar-refractivity contribution in [3.63, 3.8) is 0 Å². The molecule has 0 bridgehead atoms. The highest BCUT2D eigenvalue weighted by atomic mass is 32.1. The molecule has 0 spiro atoms. The summed E-state index contributed by atoms with van der Waals surface area (Å²) in [6.45, 7) is 17.5. The summed E-state index contributed by atoms with van der Waals surface area (Å²) in [6, 6.07) is 2.52. The Kier molecular flexibility index (Phi) is 13.1. The summed E-state index contributed by atoms with van der Waals surface area (Å²) in [5.74, 6) is 0. The van der Waals surface area contributed by atoms with Gasteiger partial charge in [0.05, 0.1) is 5.00 Å². The number of aryl methyl sites for hydroxylation is 2. The first-order valence-corrected chi connectivity index (χ1v) is 13.2. The van der Waals surface area contributed by atoms with Crippen LogP contribution in [0, 0.1) is 20.8 Å². The van der Waals surface area contributed by atoms with Crippen LogP contribution in [0.4, 0.5) is 5.00 Å². The number of nitrogens with zero attached hydrogens (tertiary/aromatic N) is 1. The third-order valence-corrected chi connectivity index (χ3v) is 7.01. The number of H-pyrrole nitrogens is 1. The van der Waals surface area contributed by atoms with Crippen molar-refractivity contribution in [1.29, 1.82) is 0 Å². The second-order valence-electron chi connectivity index (χ2n) is 8.64. The second kappa shape index (κ2) is 15.0. The average Bonchev–Trinajstić information content (AvgIpc) is 3.16. The minimum absolute atomic E-state index is 0.0597. The molecule has 186 valence electrons. The number of aromatic amines is 1. The predicted molar refractivity (Wildman–Crippen MR) is 148 cm³/mol. The van der Waals surface area contributed by atoms with Crippen LogP contribution in [0.15, 0.2) is 22.8 Å². The fourth-order valence-electron chi connectivity index (χ4n) is 4.03. The largest absolute Gasteiger partial charge is 0.381 e. The van der Waals surface area contributed by atoms with E-state index in [1.807, 2.05) is 27.7 Å². The van der Waals surface area contributed by atoms with Gasteiger partial charge in [-0.05, 0) is 60.2 Å². The number of hydrogen-bond acceptors (Lipinski definition) is 5. The van der Waals surface area contributed by atoms with Crippen LogP contribution in [0.1, 0.15) is 81.0 Å². The number of rotatable bonds is 7. The van der Waals surface area contributed by atoms with Gasteiger partial charge in [-0.3, -0.25) is 4.79 Å². The van der Waals surface area contributed by atoms with Crippen molar-refractivity contribution >= 4 is 22.0 Å². The van der Waals surface area contributed by atoms with E-state index in [2.05, 4.69) is 60.4 Å². The number of pyridine rings is 1. The van der Waals surface area contributed by atoms with Crippen LogP contribution in [-0.4, -0.2) is 36.6 Å². The first-order valence-electron chi connectivity index (χ1n) is 12.4. The summed E-state index contributed by atoms with van der Waals surface area (Å²) in [6.07, 6.45) is 7.20. The summed E-state index contributed by atoms with van der Waals surface area (Å²) in [7, 11) is 4.38. The van der Waals surface area contributed by atoms with Gasteiger partial charge in [0.2, 0.25) is 0 Å². The molecule has 1 aliphatic carbocycles. The second-order valence-corrected chi connectivity index (χ2v) is 9.52. The Morgan fingerprint density at radius 1 is 1.18 bits per heavy atom. The maximum atomic E-state index is 12.1. The molecular weight excluding hydrogens is 428 g/mol. The SMILES string of the molecule is C=C(NCc1c(C)[nH]c(C)cc1=O)c1csc(NCC)c1C.CC.CN(C)C1CCCCC1. The molecule has 6 heteroatoms. The third kappa shape index (κ3) is 9.01. The summed E-state index contributed by atoms with van der Waals surface area (Å²) < 4.78 is 0. The van der Waals surface area contributed by atoms with Gasteiger partial charge in [0.1, 0.15) is 0 Å². The van der Waals surface area contributed by atoms with E-state index in [1.165, 1.54) is 42.7 Å². The van der Waals surface area contributed by atoms with E-state index in [0.717, 1.165) is 40.8 Å². The lowest BCUT2D eigenvalue weighted by Gasteiger charge is -2.27. The van der Waals surface area contributed by atoms with Gasteiger partial charge < -0.3 is 20.5 Å². The molecule has 0 unspecified atom stereocenters. The molecule has 1 aliphatic rings. The molecule has 0 aromatic carbocycles. The Morgan fingerprint density at radius 2 is 1.82 bits per heavy atom. The van der Waals surface area contributed by atoms with Crippen molar-refractivity contribution in [1.82, 2.24) is 15.2 Å². The number of anilines is 1. The summed E-state index contributed by atoms with van der Waals surface area (Å²) >= 11 is 1.68. The minimum atomic E-state index is 0.0597. The molecule has 33 heavy (non-hydrogen) atoms. The third-order valence-electron chi connectivity index (χ3n) is 5.97. The molecule has 0 saturated heterocycles. The molecule has 0 amide bonds. The van der Waals surface area contributed by atoms with E-state index in [0.29, 0.717) is 6.54 Å². The van der Waals surface area contributed by atoms with Gasteiger partial charge in [0.25, 0.3) is 0 Å². The summed E-state index contributed by atoms with van der Waals surface area (Å²) in [5.41, 5.74) is 5.74. The van der Waals surface area contributed by atoms with Crippen molar-refractivity contribution in [2.24, 2.45) is 0 Å². The van der Waals surface area contributed by atoms with Crippen molar-refractivity contribution in [3.05, 3.63) is 56.3 Å². The Bertz CT molecular complexity index is 907. The maximum absolute atomic E-state index is 12.1. The topological polar surface area (TPSA) is 60.2 Å². The van der Waals surface area contributed by atoms with Crippen LogP contribution < -0.4 is 16.1 Å². The molecule has 0 atom stereocenters. The minimum Gasteiger partial charge on any atom is -0.381 e. The monoisotopic (exact) mass is 474 g/mol. The van der Waals surface area contributed by atoms with E-state index in [-0.39, 0.29) is 5.43 Å². The standard InChI is InChI=1S/C17H23N3OS.C8H17N.C2H6/c1-6-18-17-11(3)15(9-22-17)12(4)19-8-14-13(5)20-10(2)7-16(14)21;1-9(2)8-6-4-3-5-7-8;1-2/h7,9,18-19H,4,6,8H2,1-3,5H3,(H,20,21);8H,3-7H2,1-2H3;1-2H3. The molecule has 2 aromatic heterocycles. The molecule has 3 N–H and O–H groups in total. The van der Waals surface area contributed by atoms with Gasteiger partial charge in [0.15, 0.2) is 5.43 Å². The first kappa shape index (κ1) is 29.0. The van der Waals surface area contributed by atoms with Crippen LogP contribution in [0.5, 0.6) is 0 Å². The zero-order valence-corrected chi connectivity index (χ0v) is 23.0. The molecule has 5 nitrogen and oxygen atoms in total. The fourth-order valence-corrected chi connectivity index (χ4v) is 5.10. The van der Waals surface area contributed by atoms with Gasteiger partial charge in [0, 0.05) is 58.8 Å². The first-order chi connectivity index (χ1) is 15.7. The van der Waals surface area contributed by atoms with E-state index < -0.39 is 0 Å². The zero-order chi connectivity index (χ0) is 25.0. The highest BCUT2D eigenvalue weighted by Gasteiger charge is 2.14. The highest BCUT2D eigenvalue weighted by Crippen LogP contribution is 2.30. The van der Waals surface area contributed by atoms with Crippen LogP contribution in [0.2, 0.25) is 0 Å². The molecule has 3 rings (SSSR count). The van der Waals surface area contributed by atoms with Gasteiger partial charge in [-0.15, -0.1) is 11.3 Å².